The summed E-state index contributed by atoms with van der Waals surface area (Å²) in [6.07, 6.45) is -17.4. The minimum Gasteiger partial charge on any atom is -0.479 e. The first-order chi connectivity index (χ1) is 30.4. The Hall–Kier alpha value is -1.43. The fraction of sp³-hybridized carbons (Fsp3) is 0.936. The number of hydrogen-bond acceptors (Lipinski definition) is 17. The van der Waals surface area contributed by atoms with E-state index in [9.17, 15) is 61.0 Å². The van der Waals surface area contributed by atoms with Gasteiger partial charge in [-0.05, 0) is 105 Å². The third-order valence-electron chi connectivity index (χ3n) is 18.7. The molecule has 18 heteroatoms. The molecule has 0 spiro atoms. The zero-order chi connectivity index (χ0) is 47.5. The van der Waals surface area contributed by atoms with E-state index in [0.29, 0.717) is 24.7 Å². The number of hydrogen-bond donors (Lipinski definition) is 11. The number of carboxylic acid groups (broad SMARTS) is 1. The summed E-state index contributed by atoms with van der Waals surface area (Å²) in [7, 11) is 0. The van der Waals surface area contributed by atoms with Gasteiger partial charge >= 0.3 is 5.97 Å². The van der Waals surface area contributed by atoms with Crippen molar-refractivity contribution in [1.82, 2.24) is 0 Å². The lowest BCUT2D eigenvalue weighted by molar-refractivity contribution is -0.396. The first-order valence-corrected chi connectivity index (χ1v) is 23.9. The first-order valence-electron chi connectivity index (χ1n) is 23.9. The van der Waals surface area contributed by atoms with Crippen molar-refractivity contribution in [3.63, 3.8) is 0 Å². The van der Waals surface area contributed by atoms with E-state index in [1.54, 1.807) is 0 Å². The van der Waals surface area contributed by atoms with Crippen LogP contribution in [0.5, 0.6) is 0 Å². The smallest absolute Gasteiger partial charge is 0.335 e. The summed E-state index contributed by atoms with van der Waals surface area (Å²) in [6, 6.07) is 0. The standard InChI is InChI=1S/C47H76O18/c1-20-29(51)31(53)35(57)40(60-20)64-37-32(54)30(52)24(18-48)61-41(37)65-38-34(56)33(55)36(39(58)59)63-42(38)62-28-12-15-46(6)25-9-8-21-22(44(25,4)14-11-26(46)47(28,7)19-49)10-13-45(5)23(21)16-43(2,3)17-27(45)50/h8,20,22-38,40-42,48-57H,9-19H2,1-7H3,(H,58,59)/t20?,22?,23?,24?,25?,26?,27?,28?,29-,30-,31?,32?,33+,34?,35-,36?,37-,38-,40-,41-,42+,44?,45?,46?,47+/m0/s1. The predicted octanol–water partition coefficient (Wildman–Crippen LogP) is 0.315. The third-order valence-corrected chi connectivity index (χ3v) is 18.7. The highest BCUT2D eigenvalue weighted by molar-refractivity contribution is 5.73. The van der Waals surface area contributed by atoms with Gasteiger partial charge in [0.25, 0.3) is 0 Å². The van der Waals surface area contributed by atoms with Gasteiger partial charge in [-0.25, -0.2) is 4.79 Å². The van der Waals surface area contributed by atoms with Crippen molar-refractivity contribution in [2.45, 2.75) is 211 Å². The fourth-order valence-corrected chi connectivity index (χ4v) is 14.8. The van der Waals surface area contributed by atoms with E-state index < -0.39 is 116 Å². The van der Waals surface area contributed by atoms with Crippen molar-refractivity contribution in [1.29, 1.82) is 0 Å². The number of aliphatic hydroxyl groups is 10. The zero-order valence-electron chi connectivity index (χ0n) is 38.8. The maximum atomic E-state index is 12.4. The maximum Gasteiger partial charge on any atom is 0.335 e. The van der Waals surface area contributed by atoms with Crippen LogP contribution in [-0.4, -0.2) is 180 Å². The molecule has 65 heavy (non-hydrogen) atoms. The van der Waals surface area contributed by atoms with Gasteiger partial charge in [-0.1, -0.05) is 53.2 Å². The Kier molecular flexibility index (Phi) is 13.7. The Bertz CT molecular complexity index is 1770. The van der Waals surface area contributed by atoms with Crippen LogP contribution in [0.1, 0.15) is 106 Å². The molecule has 25 atom stereocenters. The van der Waals surface area contributed by atoms with Crippen LogP contribution in [0.3, 0.4) is 0 Å². The highest BCUT2D eigenvalue weighted by Gasteiger charge is 2.67. The van der Waals surface area contributed by atoms with Crippen LogP contribution >= 0.6 is 0 Å². The molecule has 0 aromatic carbocycles. The third kappa shape index (κ3) is 8.08. The minimum atomic E-state index is -2.06. The van der Waals surface area contributed by atoms with Gasteiger partial charge in [0.2, 0.25) is 0 Å². The van der Waals surface area contributed by atoms with Gasteiger partial charge in [0.15, 0.2) is 25.0 Å². The van der Waals surface area contributed by atoms with Crippen molar-refractivity contribution in [3.05, 3.63) is 11.6 Å². The van der Waals surface area contributed by atoms with Gasteiger partial charge in [-0.3, -0.25) is 0 Å². The topological polar surface area (TPSA) is 295 Å². The van der Waals surface area contributed by atoms with E-state index in [4.69, 9.17) is 28.4 Å². The van der Waals surface area contributed by atoms with E-state index in [2.05, 4.69) is 40.7 Å². The number of aliphatic carboxylic acids is 1. The fourth-order valence-electron chi connectivity index (χ4n) is 14.8. The highest BCUT2D eigenvalue weighted by atomic mass is 16.8. The molecule has 4 saturated carbocycles. The molecule has 11 N–H and O–H groups in total. The van der Waals surface area contributed by atoms with Crippen molar-refractivity contribution in [2.24, 2.45) is 50.7 Å². The van der Waals surface area contributed by atoms with Crippen molar-refractivity contribution < 1.29 is 89.4 Å². The van der Waals surface area contributed by atoms with Crippen molar-refractivity contribution >= 4 is 5.97 Å². The van der Waals surface area contributed by atoms with E-state index in [0.717, 1.165) is 44.9 Å². The number of allylic oxidation sites excluding steroid dienone is 2. The minimum absolute atomic E-state index is 0.0224. The molecule has 0 amide bonds. The normalized spacial score (nSPS) is 55.5. The summed E-state index contributed by atoms with van der Waals surface area (Å²) in [4.78, 5) is 12.4. The summed E-state index contributed by atoms with van der Waals surface area (Å²) >= 11 is 0. The van der Waals surface area contributed by atoms with Crippen LogP contribution in [-0.2, 0) is 33.2 Å². The number of rotatable bonds is 9. The monoisotopic (exact) mass is 929 g/mol. The summed E-state index contributed by atoms with van der Waals surface area (Å²) in [6.45, 7) is 13.9. The Morgan fingerprint density at radius 2 is 1.26 bits per heavy atom. The van der Waals surface area contributed by atoms with Gasteiger partial charge < -0.3 is 84.6 Å². The molecule has 0 aromatic rings. The van der Waals surface area contributed by atoms with Crippen LogP contribution in [0, 0.1) is 50.7 Å². The molecule has 0 bridgehead atoms. The molecule has 0 radical (unpaired) electrons. The van der Waals surface area contributed by atoms with Crippen LogP contribution in [0.4, 0.5) is 0 Å². The van der Waals surface area contributed by atoms with E-state index in [-0.39, 0.29) is 46.2 Å². The zero-order valence-corrected chi connectivity index (χ0v) is 38.8. The average Bonchev–Trinajstić information content (AvgIpc) is 3.24. The van der Waals surface area contributed by atoms with Crippen LogP contribution in [0.15, 0.2) is 11.6 Å². The number of carboxylic acids is 1. The molecule has 3 heterocycles. The largest absolute Gasteiger partial charge is 0.479 e. The highest BCUT2D eigenvalue weighted by Crippen LogP contribution is 2.72. The Morgan fingerprint density at radius 3 is 1.91 bits per heavy atom. The summed E-state index contributed by atoms with van der Waals surface area (Å²) in [5.41, 5.74) is 0.206. The van der Waals surface area contributed by atoms with Gasteiger partial charge in [0, 0.05) is 10.8 Å². The Labute approximate surface area is 380 Å². The van der Waals surface area contributed by atoms with Crippen molar-refractivity contribution in [2.75, 3.05) is 13.2 Å². The van der Waals surface area contributed by atoms with Gasteiger partial charge in [0.05, 0.1) is 31.5 Å². The molecule has 372 valence electrons. The molecule has 5 aliphatic carbocycles. The predicted molar refractivity (Wildman–Crippen MR) is 226 cm³/mol. The lowest BCUT2D eigenvalue weighted by Gasteiger charge is -2.69. The Morgan fingerprint density at radius 1 is 0.646 bits per heavy atom. The van der Waals surface area contributed by atoms with E-state index in [1.807, 2.05) is 6.92 Å². The van der Waals surface area contributed by atoms with Crippen molar-refractivity contribution in [3.8, 4) is 0 Å². The summed E-state index contributed by atoms with van der Waals surface area (Å²) in [5, 5.41) is 120. The SMILES string of the molecule is CC1O[C@@H](O[C@H]2C(O)[C@@H](O)C(CO)O[C@H]2O[C@H]2C(O)[C@@H](O)C(C(=O)O)O[C@H]2OC2CCC3(C)C4CC=C5C6CC(C)(C)CC(O)C6(C)CCC5C4(C)CCC3[C@@]2(C)CO)[C@@H](O)C(O)[C@H]1O. The Balaban J connectivity index is 1.06. The van der Waals surface area contributed by atoms with Gasteiger partial charge in [0.1, 0.15) is 61.0 Å². The second-order valence-corrected chi connectivity index (χ2v) is 23.0. The van der Waals surface area contributed by atoms with E-state index >= 15 is 0 Å². The molecule has 8 rings (SSSR count). The first kappa shape index (κ1) is 50.0. The number of ether oxygens (including phenoxy) is 6. The second kappa shape index (κ2) is 17.8. The molecular weight excluding hydrogens is 852 g/mol. The average molecular weight is 929 g/mol. The molecule has 15 unspecified atom stereocenters. The van der Waals surface area contributed by atoms with Crippen LogP contribution in [0.2, 0.25) is 0 Å². The second-order valence-electron chi connectivity index (χ2n) is 23.0. The summed E-state index contributed by atoms with van der Waals surface area (Å²) in [5.74, 6) is -0.705. The molecular formula is C47H76O18. The number of aliphatic hydroxyl groups excluding tert-OH is 10. The lowest BCUT2D eigenvalue weighted by Crippen LogP contribution is -2.68. The number of fused-ring (bicyclic) bond motifs is 7. The van der Waals surface area contributed by atoms with Crippen LogP contribution < -0.4 is 0 Å². The molecule has 3 saturated heterocycles. The van der Waals surface area contributed by atoms with Crippen LogP contribution in [0.25, 0.3) is 0 Å². The van der Waals surface area contributed by atoms with E-state index in [1.165, 1.54) is 12.5 Å². The molecule has 8 aliphatic rings. The number of carbonyl (C=O) groups is 1. The molecule has 18 nitrogen and oxygen atoms in total. The van der Waals surface area contributed by atoms with Gasteiger partial charge in [-0.15, -0.1) is 0 Å². The molecule has 3 aliphatic heterocycles. The maximum absolute atomic E-state index is 12.4. The molecule has 7 fully saturated rings. The molecule has 0 aromatic heterocycles. The quantitative estimate of drug-likeness (QED) is 0.110. The lowest BCUT2D eigenvalue weighted by atomic mass is 9.37. The summed E-state index contributed by atoms with van der Waals surface area (Å²) < 4.78 is 36.1. The van der Waals surface area contributed by atoms with Gasteiger partial charge in [-0.2, -0.15) is 0 Å².